The van der Waals surface area contributed by atoms with E-state index in [2.05, 4.69) is 68.1 Å². The van der Waals surface area contributed by atoms with Crippen LogP contribution in [0.2, 0.25) is 0 Å². The summed E-state index contributed by atoms with van der Waals surface area (Å²) in [5.74, 6) is 1.49. The summed E-state index contributed by atoms with van der Waals surface area (Å²) in [6.07, 6.45) is 8.46. The lowest BCUT2D eigenvalue weighted by Crippen LogP contribution is -2.11. The molecule has 0 heteroatoms. The van der Waals surface area contributed by atoms with Gasteiger partial charge in [0.25, 0.3) is 0 Å². The Morgan fingerprint density at radius 1 is 0.864 bits per heavy atom. The molecule has 0 bridgehead atoms. The Morgan fingerprint density at radius 2 is 1.41 bits per heavy atom. The molecule has 1 aliphatic carbocycles. The first-order valence-corrected chi connectivity index (χ1v) is 8.62. The summed E-state index contributed by atoms with van der Waals surface area (Å²) >= 11 is 0. The Balaban J connectivity index is 1.71. The lowest BCUT2D eigenvalue weighted by Gasteiger charge is -2.27. The molecule has 0 amide bonds. The summed E-state index contributed by atoms with van der Waals surface area (Å²) in [5.41, 5.74) is 5.56. The van der Waals surface area contributed by atoms with E-state index in [0.29, 0.717) is 0 Å². The summed E-state index contributed by atoms with van der Waals surface area (Å²) in [6, 6.07) is 18.2. The first-order chi connectivity index (χ1) is 10.8. The van der Waals surface area contributed by atoms with Crippen molar-refractivity contribution in [3.63, 3.8) is 0 Å². The molecule has 0 aliphatic heterocycles. The van der Waals surface area contributed by atoms with Crippen LogP contribution in [0.5, 0.6) is 0 Å². The molecule has 1 fully saturated rings. The monoisotopic (exact) mass is 290 g/mol. The first-order valence-electron chi connectivity index (χ1n) is 8.62. The number of allylic oxidation sites excluding steroid dienone is 1. The average Bonchev–Trinajstić information content (AvgIpc) is 2.62. The highest BCUT2D eigenvalue weighted by Gasteiger charge is 2.20. The summed E-state index contributed by atoms with van der Waals surface area (Å²) in [6.45, 7) is 6.14. The van der Waals surface area contributed by atoms with E-state index in [4.69, 9.17) is 0 Å². The lowest BCUT2D eigenvalue weighted by molar-refractivity contribution is 0.376. The van der Waals surface area contributed by atoms with E-state index in [1.54, 1.807) is 0 Å². The van der Waals surface area contributed by atoms with E-state index in [0.717, 1.165) is 18.3 Å². The van der Waals surface area contributed by atoms with Crippen LogP contribution in [-0.4, -0.2) is 0 Å². The van der Waals surface area contributed by atoms with Crippen molar-refractivity contribution in [3.8, 4) is 11.1 Å². The van der Waals surface area contributed by atoms with Crippen molar-refractivity contribution in [2.75, 3.05) is 0 Å². The second-order valence-corrected chi connectivity index (χ2v) is 6.52. The Morgan fingerprint density at radius 3 is 1.91 bits per heavy atom. The van der Waals surface area contributed by atoms with Gasteiger partial charge in [-0.05, 0) is 66.2 Å². The molecule has 0 aromatic heterocycles. The fourth-order valence-electron chi connectivity index (χ4n) is 3.57. The number of hydrogen-bond acceptors (Lipinski definition) is 0. The lowest BCUT2D eigenvalue weighted by atomic mass is 9.78. The Labute approximate surface area is 134 Å². The van der Waals surface area contributed by atoms with Crippen molar-refractivity contribution in [1.82, 2.24) is 0 Å². The van der Waals surface area contributed by atoms with Gasteiger partial charge in [0, 0.05) is 0 Å². The van der Waals surface area contributed by atoms with Gasteiger partial charge < -0.3 is 0 Å². The molecule has 0 atom stereocenters. The molecule has 1 aliphatic rings. The van der Waals surface area contributed by atoms with Gasteiger partial charge in [-0.1, -0.05) is 61.5 Å². The van der Waals surface area contributed by atoms with Crippen LogP contribution in [0.1, 0.15) is 49.7 Å². The molecule has 0 unspecified atom stereocenters. The predicted octanol–water partition coefficient (Wildman–Crippen LogP) is 6.38. The molecular weight excluding hydrogens is 264 g/mol. The molecule has 2 aromatic carbocycles. The van der Waals surface area contributed by atoms with E-state index < -0.39 is 0 Å². The molecular formula is C22H26. The molecule has 2 aromatic rings. The topological polar surface area (TPSA) is 0 Å². The number of aryl methyl sites for hydroxylation is 1. The molecule has 0 spiro atoms. The third-order valence-electron chi connectivity index (χ3n) is 5.18. The van der Waals surface area contributed by atoms with Gasteiger partial charge in [0.15, 0.2) is 0 Å². The van der Waals surface area contributed by atoms with Crippen molar-refractivity contribution in [2.45, 2.75) is 44.9 Å². The third kappa shape index (κ3) is 3.32. The Bertz CT molecular complexity index is 595. The maximum Gasteiger partial charge on any atom is -0.0162 e. The van der Waals surface area contributed by atoms with Gasteiger partial charge in [-0.25, -0.2) is 0 Å². The second kappa shape index (κ2) is 6.96. The van der Waals surface area contributed by atoms with Crippen LogP contribution in [-0.2, 0) is 6.42 Å². The molecule has 0 nitrogen and oxygen atoms in total. The van der Waals surface area contributed by atoms with Gasteiger partial charge in [-0.2, -0.15) is 0 Å². The molecule has 3 rings (SSSR count). The minimum Gasteiger partial charge on any atom is -0.103 e. The normalized spacial score (nSPS) is 21.5. The van der Waals surface area contributed by atoms with Gasteiger partial charge in [0.1, 0.15) is 0 Å². The van der Waals surface area contributed by atoms with Crippen molar-refractivity contribution in [1.29, 1.82) is 0 Å². The third-order valence-corrected chi connectivity index (χ3v) is 5.18. The van der Waals surface area contributed by atoms with Gasteiger partial charge >= 0.3 is 0 Å². The van der Waals surface area contributed by atoms with Gasteiger partial charge in [0.2, 0.25) is 0 Å². The standard InChI is InChI=1S/C22H26/c1-3-17-5-9-19(10-6-17)21-13-15-22(16-14-21)20-11-7-18(4-2)8-12-20/h3,7-8,11-17,19H,1,4-6,9-10H2,2H3/t17-,19-. The van der Waals surface area contributed by atoms with E-state index in [9.17, 15) is 0 Å². The predicted molar refractivity (Wildman–Crippen MR) is 96.2 cm³/mol. The van der Waals surface area contributed by atoms with Crippen molar-refractivity contribution >= 4 is 0 Å². The number of benzene rings is 2. The smallest absolute Gasteiger partial charge is 0.0162 e. The summed E-state index contributed by atoms with van der Waals surface area (Å²) in [4.78, 5) is 0. The molecule has 0 heterocycles. The molecule has 0 N–H and O–H groups in total. The van der Waals surface area contributed by atoms with Gasteiger partial charge in [-0.15, -0.1) is 6.58 Å². The maximum atomic E-state index is 3.94. The maximum absolute atomic E-state index is 3.94. The van der Waals surface area contributed by atoms with Gasteiger partial charge in [-0.3, -0.25) is 0 Å². The summed E-state index contributed by atoms with van der Waals surface area (Å²) in [7, 11) is 0. The van der Waals surface area contributed by atoms with Crippen LogP contribution in [0.4, 0.5) is 0 Å². The van der Waals surface area contributed by atoms with Crippen LogP contribution in [0.15, 0.2) is 61.2 Å². The van der Waals surface area contributed by atoms with Crippen molar-refractivity contribution in [2.24, 2.45) is 5.92 Å². The summed E-state index contributed by atoms with van der Waals surface area (Å²) < 4.78 is 0. The van der Waals surface area contributed by atoms with Crippen LogP contribution in [0.25, 0.3) is 11.1 Å². The Kier molecular flexibility index (Phi) is 4.77. The first kappa shape index (κ1) is 15.1. The second-order valence-electron chi connectivity index (χ2n) is 6.52. The number of rotatable bonds is 4. The molecule has 22 heavy (non-hydrogen) atoms. The quantitative estimate of drug-likeness (QED) is 0.573. The molecule has 114 valence electrons. The molecule has 1 saturated carbocycles. The summed E-state index contributed by atoms with van der Waals surface area (Å²) in [5, 5.41) is 0. The van der Waals surface area contributed by atoms with E-state index in [1.807, 2.05) is 0 Å². The van der Waals surface area contributed by atoms with E-state index >= 15 is 0 Å². The largest absolute Gasteiger partial charge is 0.103 e. The van der Waals surface area contributed by atoms with Gasteiger partial charge in [0.05, 0.1) is 0 Å². The highest BCUT2D eigenvalue weighted by atomic mass is 14.2. The zero-order valence-electron chi connectivity index (χ0n) is 13.6. The van der Waals surface area contributed by atoms with Crippen LogP contribution in [0, 0.1) is 5.92 Å². The minimum atomic E-state index is 0.743. The SMILES string of the molecule is C=C[C@H]1CC[C@H](c2ccc(-c3ccc(CC)cc3)cc2)CC1. The zero-order valence-corrected chi connectivity index (χ0v) is 13.6. The van der Waals surface area contributed by atoms with Crippen LogP contribution >= 0.6 is 0 Å². The highest BCUT2D eigenvalue weighted by Crippen LogP contribution is 2.36. The molecule has 0 saturated heterocycles. The van der Waals surface area contributed by atoms with E-state index in [-0.39, 0.29) is 0 Å². The zero-order chi connectivity index (χ0) is 15.4. The van der Waals surface area contributed by atoms with Crippen LogP contribution < -0.4 is 0 Å². The average molecular weight is 290 g/mol. The molecule has 0 radical (unpaired) electrons. The van der Waals surface area contributed by atoms with Crippen molar-refractivity contribution < 1.29 is 0 Å². The van der Waals surface area contributed by atoms with Crippen LogP contribution in [0.3, 0.4) is 0 Å². The van der Waals surface area contributed by atoms with E-state index in [1.165, 1.54) is 47.9 Å². The van der Waals surface area contributed by atoms with Crippen molar-refractivity contribution in [3.05, 3.63) is 72.3 Å². The fraction of sp³-hybridized carbons (Fsp3) is 0.364. The Hall–Kier alpha value is -1.82. The fourth-order valence-corrected chi connectivity index (χ4v) is 3.57. The highest BCUT2D eigenvalue weighted by molar-refractivity contribution is 5.64. The minimum absolute atomic E-state index is 0.743. The number of hydrogen-bond donors (Lipinski definition) is 0.